The molecule has 0 radical (unpaired) electrons. The van der Waals surface area contributed by atoms with Crippen LogP contribution in [0.25, 0.3) is 0 Å². The predicted octanol–water partition coefficient (Wildman–Crippen LogP) is 2.39. The van der Waals surface area contributed by atoms with Crippen molar-refractivity contribution in [1.82, 2.24) is 5.32 Å². The van der Waals surface area contributed by atoms with Crippen LogP contribution < -0.4 is 11.1 Å². The third-order valence-corrected chi connectivity index (χ3v) is 4.12. The van der Waals surface area contributed by atoms with E-state index >= 15 is 0 Å². The quantitative estimate of drug-likeness (QED) is 0.162. The van der Waals surface area contributed by atoms with Crippen LogP contribution in [0.5, 0.6) is 0 Å². The Hall–Kier alpha value is -0.860. The zero-order valence-corrected chi connectivity index (χ0v) is 16.8. The summed E-state index contributed by atoms with van der Waals surface area (Å²) in [4.78, 5) is 22.9. The number of nitrogens with two attached hydrogens (primary N) is 1. The molecule has 0 spiro atoms. The molecule has 1 unspecified atom stereocenters. The number of thiol groups is 1. The van der Waals surface area contributed by atoms with Crippen LogP contribution in [0.3, 0.4) is 0 Å². The Kier molecular flexibility index (Phi) is 16.0. The van der Waals surface area contributed by atoms with Crippen molar-refractivity contribution >= 4 is 41.7 Å². The largest absolute Gasteiger partial charge is 0.464 e. The van der Waals surface area contributed by atoms with E-state index in [1.54, 1.807) is 0 Å². The standard InChI is InChI=1S/C17H32N2O4S2/c1-2-3-4-5-6-7-8-9-10-23-17(21)14(13-24)19-16(25)12-22-11-15(18)20/h14,24H,2-13H2,1H3,(H2,18,20)(H,19,25). The lowest BCUT2D eigenvalue weighted by atomic mass is 10.1. The Morgan fingerprint density at radius 1 is 1.08 bits per heavy atom. The van der Waals surface area contributed by atoms with Crippen molar-refractivity contribution in [1.29, 1.82) is 0 Å². The van der Waals surface area contributed by atoms with E-state index < -0.39 is 11.9 Å². The van der Waals surface area contributed by atoms with E-state index in [0.29, 0.717) is 11.6 Å². The molecule has 8 heteroatoms. The first-order chi connectivity index (χ1) is 12.0. The Balaban J connectivity index is 3.75. The highest BCUT2D eigenvalue weighted by atomic mass is 32.1. The number of primary amides is 1. The van der Waals surface area contributed by atoms with E-state index in [1.165, 1.54) is 38.5 Å². The summed E-state index contributed by atoms with van der Waals surface area (Å²) in [6.45, 7) is 2.43. The number of carbonyl (C=O) groups excluding carboxylic acids is 2. The van der Waals surface area contributed by atoms with E-state index in [0.717, 1.165) is 12.8 Å². The van der Waals surface area contributed by atoms with Gasteiger partial charge >= 0.3 is 5.97 Å². The lowest BCUT2D eigenvalue weighted by Crippen LogP contribution is -2.44. The van der Waals surface area contributed by atoms with E-state index in [2.05, 4.69) is 24.9 Å². The minimum atomic E-state index is -0.623. The van der Waals surface area contributed by atoms with Crippen LogP contribution in [0, 0.1) is 0 Å². The fourth-order valence-corrected chi connectivity index (χ4v) is 2.63. The molecule has 0 bridgehead atoms. The molecule has 0 aliphatic rings. The van der Waals surface area contributed by atoms with Gasteiger partial charge in [-0.1, -0.05) is 64.1 Å². The summed E-state index contributed by atoms with van der Waals surface area (Å²) in [7, 11) is 0. The number of rotatable bonds is 16. The maximum absolute atomic E-state index is 12.0. The van der Waals surface area contributed by atoms with Gasteiger partial charge in [-0.2, -0.15) is 12.6 Å². The van der Waals surface area contributed by atoms with Crippen molar-refractivity contribution in [2.24, 2.45) is 5.73 Å². The van der Waals surface area contributed by atoms with Crippen molar-refractivity contribution in [3.8, 4) is 0 Å². The highest BCUT2D eigenvalue weighted by Crippen LogP contribution is 2.08. The number of amides is 1. The van der Waals surface area contributed by atoms with Gasteiger partial charge in [-0.3, -0.25) is 4.79 Å². The number of hydrogen-bond donors (Lipinski definition) is 3. The van der Waals surface area contributed by atoms with Gasteiger partial charge in [0.05, 0.1) is 13.2 Å². The number of esters is 1. The Morgan fingerprint density at radius 2 is 1.68 bits per heavy atom. The summed E-state index contributed by atoms with van der Waals surface area (Å²) >= 11 is 9.19. The van der Waals surface area contributed by atoms with Gasteiger partial charge in [0.15, 0.2) is 0 Å². The Bertz CT molecular complexity index is 395. The first kappa shape index (κ1) is 24.1. The molecule has 1 atom stereocenters. The van der Waals surface area contributed by atoms with Gasteiger partial charge in [0, 0.05) is 5.75 Å². The number of unbranched alkanes of at least 4 members (excludes halogenated alkanes) is 7. The molecule has 0 aliphatic carbocycles. The monoisotopic (exact) mass is 392 g/mol. The third kappa shape index (κ3) is 15.1. The van der Waals surface area contributed by atoms with E-state index in [9.17, 15) is 9.59 Å². The summed E-state index contributed by atoms with van der Waals surface area (Å²) in [6.07, 6.45) is 9.52. The molecule has 0 fully saturated rings. The maximum Gasteiger partial charge on any atom is 0.329 e. The molecule has 1 amide bonds. The van der Waals surface area contributed by atoms with E-state index in [4.69, 9.17) is 27.4 Å². The van der Waals surface area contributed by atoms with Gasteiger partial charge in [0.2, 0.25) is 5.91 Å². The van der Waals surface area contributed by atoms with Crippen molar-refractivity contribution in [3.63, 3.8) is 0 Å². The highest BCUT2D eigenvalue weighted by Gasteiger charge is 2.19. The van der Waals surface area contributed by atoms with Gasteiger partial charge in [0.1, 0.15) is 17.6 Å². The van der Waals surface area contributed by atoms with Crippen LogP contribution in [0.15, 0.2) is 0 Å². The summed E-state index contributed by atoms with van der Waals surface area (Å²) < 4.78 is 10.2. The number of hydrogen-bond acceptors (Lipinski definition) is 6. The lowest BCUT2D eigenvalue weighted by Gasteiger charge is -2.17. The van der Waals surface area contributed by atoms with Gasteiger partial charge in [-0.15, -0.1) is 0 Å². The summed E-state index contributed by atoms with van der Waals surface area (Å²) in [5.41, 5.74) is 4.96. The number of ether oxygens (including phenoxy) is 2. The molecule has 25 heavy (non-hydrogen) atoms. The van der Waals surface area contributed by atoms with E-state index in [1.807, 2.05) is 0 Å². The van der Waals surface area contributed by atoms with Crippen LogP contribution in [0.1, 0.15) is 58.3 Å². The predicted molar refractivity (Wildman–Crippen MR) is 107 cm³/mol. The van der Waals surface area contributed by atoms with Crippen LogP contribution in [0.2, 0.25) is 0 Å². The number of thiocarbonyl (C=S) groups is 1. The Labute approximate surface area is 162 Å². The summed E-state index contributed by atoms with van der Waals surface area (Å²) in [5.74, 6) is -0.694. The molecule has 3 N–H and O–H groups in total. The topological polar surface area (TPSA) is 90.7 Å². The molecule has 0 aromatic heterocycles. The average molecular weight is 393 g/mol. The number of carbonyl (C=O) groups is 2. The van der Waals surface area contributed by atoms with Crippen LogP contribution in [0.4, 0.5) is 0 Å². The average Bonchev–Trinajstić information content (AvgIpc) is 2.57. The zero-order valence-electron chi connectivity index (χ0n) is 15.1. The van der Waals surface area contributed by atoms with Crippen LogP contribution in [-0.4, -0.2) is 48.5 Å². The molecule has 0 saturated carbocycles. The molecule has 6 nitrogen and oxygen atoms in total. The van der Waals surface area contributed by atoms with Gasteiger partial charge in [0.25, 0.3) is 0 Å². The highest BCUT2D eigenvalue weighted by molar-refractivity contribution is 7.80. The van der Waals surface area contributed by atoms with Gasteiger partial charge in [-0.25, -0.2) is 4.79 Å². The second kappa shape index (κ2) is 16.6. The summed E-state index contributed by atoms with van der Waals surface area (Å²) in [5, 5.41) is 2.82. The molecular formula is C17H32N2O4S2. The van der Waals surface area contributed by atoms with Gasteiger partial charge in [-0.05, 0) is 6.42 Å². The molecule has 0 aromatic carbocycles. The van der Waals surface area contributed by atoms with Crippen molar-refractivity contribution in [2.45, 2.75) is 64.3 Å². The van der Waals surface area contributed by atoms with Crippen LogP contribution >= 0.6 is 24.8 Å². The van der Waals surface area contributed by atoms with Crippen molar-refractivity contribution in [2.75, 3.05) is 25.6 Å². The molecule has 0 aromatic rings. The molecule has 146 valence electrons. The second-order valence-corrected chi connectivity index (χ2v) is 6.76. The smallest absolute Gasteiger partial charge is 0.329 e. The zero-order chi connectivity index (χ0) is 18.9. The van der Waals surface area contributed by atoms with Crippen molar-refractivity contribution < 1.29 is 19.1 Å². The van der Waals surface area contributed by atoms with Gasteiger partial charge < -0.3 is 20.5 Å². The Morgan fingerprint density at radius 3 is 2.24 bits per heavy atom. The molecular weight excluding hydrogens is 360 g/mol. The summed E-state index contributed by atoms with van der Waals surface area (Å²) in [6, 6.07) is -0.623. The van der Waals surface area contributed by atoms with E-state index in [-0.39, 0.29) is 24.9 Å². The fraction of sp³-hybridized carbons (Fsp3) is 0.824. The molecule has 0 heterocycles. The third-order valence-electron chi connectivity index (χ3n) is 3.52. The maximum atomic E-state index is 12.0. The molecule has 0 saturated heterocycles. The first-order valence-electron chi connectivity index (χ1n) is 8.94. The first-order valence-corrected chi connectivity index (χ1v) is 9.98. The SMILES string of the molecule is CCCCCCCCCCOC(=O)C(CS)NC(=S)COCC(N)=O. The molecule has 0 aliphatic heterocycles. The van der Waals surface area contributed by atoms with Crippen LogP contribution in [-0.2, 0) is 19.1 Å². The fourth-order valence-electron chi connectivity index (χ4n) is 2.17. The number of nitrogens with one attached hydrogen (secondary N) is 1. The molecule has 0 rings (SSSR count). The normalized spacial score (nSPS) is 11.8. The lowest BCUT2D eigenvalue weighted by molar-refractivity contribution is -0.145. The van der Waals surface area contributed by atoms with Crippen molar-refractivity contribution in [3.05, 3.63) is 0 Å². The minimum absolute atomic E-state index is 0.0217. The second-order valence-electron chi connectivity index (χ2n) is 5.90. The minimum Gasteiger partial charge on any atom is -0.464 e.